The van der Waals surface area contributed by atoms with Crippen LogP contribution in [0.5, 0.6) is 0 Å². The van der Waals surface area contributed by atoms with Crippen molar-refractivity contribution in [1.82, 2.24) is 10.3 Å². The first-order valence-corrected chi connectivity index (χ1v) is 4.86. The molecule has 0 amide bonds. The molecule has 0 radical (unpaired) electrons. The number of aromatic nitrogens is 1. The molecule has 1 aromatic rings. The summed E-state index contributed by atoms with van der Waals surface area (Å²) in [7, 11) is 0. The van der Waals surface area contributed by atoms with Crippen LogP contribution in [0.4, 0.5) is 10.1 Å². The van der Waals surface area contributed by atoms with E-state index in [4.69, 9.17) is 0 Å². The van der Waals surface area contributed by atoms with E-state index in [9.17, 15) is 4.39 Å². The first-order chi connectivity index (χ1) is 6.79. The van der Waals surface area contributed by atoms with Crippen molar-refractivity contribution in [3.05, 3.63) is 24.3 Å². The standard InChI is InChI=1S/C10H14FN3.2ClH/c1-8-6-13-4-5-14(8)10-2-3-12-7-9(10)11;;/h2-3,7-8,13H,4-6H2,1H3;2*1H/t8-;;/m1../s1. The monoisotopic (exact) mass is 267 g/mol. The van der Waals surface area contributed by atoms with Crippen molar-refractivity contribution in [2.75, 3.05) is 24.5 Å². The Labute approximate surface area is 107 Å². The van der Waals surface area contributed by atoms with Gasteiger partial charge in [-0.05, 0) is 13.0 Å². The topological polar surface area (TPSA) is 28.2 Å². The maximum absolute atomic E-state index is 13.4. The van der Waals surface area contributed by atoms with Crippen molar-refractivity contribution < 1.29 is 4.39 Å². The van der Waals surface area contributed by atoms with E-state index in [2.05, 4.69) is 22.1 Å². The number of halogens is 3. The number of hydrogen-bond acceptors (Lipinski definition) is 3. The predicted molar refractivity (Wildman–Crippen MR) is 68.4 cm³/mol. The van der Waals surface area contributed by atoms with Crippen LogP contribution in [0.1, 0.15) is 6.92 Å². The number of piperazine rings is 1. The van der Waals surface area contributed by atoms with E-state index in [0.29, 0.717) is 11.7 Å². The first kappa shape index (κ1) is 15.4. The van der Waals surface area contributed by atoms with Gasteiger partial charge in [-0.25, -0.2) is 4.39 Å². The van der Waals surface area contributed by atoms with E-state index >= 15 is 0 Å². The molecule has 0 saturated carbocycles. The minimum absolute atomic E-state index is 0. The molecule has 1 fully saturated rings. The second-order valence-electron chi connectivity index (χ2n) is 3.57. The van der Waals surface area contributed by atoms with Gasteiger partial charge in [0.25, 0.3) is 0 Å². The number of nitrogens with zero attached hydrogens (tertiary/aromatic N) is 2. The molecule has 0 aliphatic carbocycles. The molecular weight excluding hydrogens is 252 g/mol. The Morgan fingerprint density at radius 1 is 1.50 bits per heavy atom. The van der Waals surface area contributed by atoms with Crippen LogP contribution in [0.25, 0.3) is 0 Å². The maximum Gasteiger partial charge on any atom is 0.164 e. The van der Waals surface area contributed by atoms with Gasteiger partial charge in [-0.3, -0.25) is 4.98 Å². The molecule has 1 aromatic heterocycles. The van der Waals surface area contributed by atoms with E-state index < -0.39 is 0 Å². The third-order valence-electron chi connectivity index (χ3n) is 2.56. The van der Waals surface area contributed by atoms with Crippen LogP contribution in [0.3, 0.4) is 0 Å². The highest BCUT2D eigenvalue weighted by Gasteiger charge is 2.20. The number of pyridine rings is 1. The highest BCUT2D eigenvalue weighted by Crippen LogP contribution is 2.20. The van der Waals surface area contributed by atoms with Crippen molar-refractivity contribution in [2.45, 2.75) is 13.0 Å². The molecule has 1 atom stereocenters. The smallest absolute Gasteiger partial charge is 0.164 e. The maximum atomic E-state index is 13.4. The minimum atomic E-state index is -0.235. The lowest BCUT2D eigenvalue weighted by Crippen LogP contribution is -2.50. The molecule has 3 nitrogen and oxygen atoms in total. The van der Waals surface area contributed by atoms with Crippen molar-refractivity contribution >= 4 is 30.5 Å². The molecule has 1 saturated heterocycles. The Morgan fingerprint density at radius 2 is 2.25 bits per heavy atom. The van der Waals surface area contributed by atoms with E-state index in [1.807, 2.05) is 0 Å². The molecule has 1 aliphatic heterocycles. The van der Waals surface area contributed by atoms with Gasteiger partial charge in [0, 0.05) is 31.9 Å². The molecule has 0 unspecified atom stereocenters. The zero-order valence-electron chi connectivity index (χ0n) is 9.02. The molecule has 6 heteroatoms. The van der Waals surface area contributed by atoms with Crippen molar-refractivity contribution in [2.24, 2.45) is 0 Å². The fraction of sp³-hybridized carbons (Fsp3) is 0.500. The van der Waals surface area contributed by atoms with E-state index in [0.717, 1.165) is 19.6 Å². The molecular formula is C10H16Cl2FN3. The Morgan fingerprint density at radius 3 is 2.88 bits per heavy atom. The zero-order chi connectivity index (χ0) is 9.97. The third kappa shape index (κ3) is 3.20. The average molecular weight is 268 g/mol. The molecule has 2 heterocycles. The summed E-state index contributed by atoms with van der Waals surface area (Å²) in [4.78, 5) is 5.82. The van der Waals surface area contributed by atoms with Gasteiger partial charge in [0.05, 0.1) is 11.9 Å². The normalized spacial score (nSPS) is 19.6. The van der Waals surface area contributed by atoms with Gasteiger partial charge in [0.15, 0.2) is 5.82 Å². The molecule has 0 aromatic carbocycles. The van der Waals surface area contributed by atoms with Crippen molar-refractivity contribution in [1.29, 1.82) is 0 Å². The summed E-state index contributed by atoms with van der Waals surface area (Å²) in [6.07, 6.45) is 2.90. The third-order valence-corrected chi connectivity index (χ3v) is 2.56. The van der Waals surface area contributed by atoms with Gasteiger partial charge < -0.3 is 10.2 Å². The quantitative estimate of drug-likeness (QED) is 0.842. The van der Waals surface area contributed by atoms with Gasteiger partial charge in [-0.2, -0.15) is 0 Å². The Kier molecular flexibility index (Phi) is 6.64. The van der Waals surface area contributed by atoms with Crippen LogP contribution >= 0.6 is 24.8 Å². The van der Waals surface area contributed by atoms with Gasteiger partial charge >= 0.3 is 0 Å². The summed E-state index contributed by atoms with van der Waals surface area (Å²) in [5.74, 6) is -0.235. The predicted octanol–water partition coefficient (Wildman–Crippen LogP) is 1.86. The molecule has 0 bridgehead atoms. The lowest BCUT2D eigenvalue weighted by Gasteiger charge is -2.35. The first-order valence-electron chi connectivity index (χ1n) is 4.86. The lowest BCUT2D eigenvalue weighted by atomic mass is 10.2. The molecule has 1 aliphatic rings. The van der Waals surface area contributed by atoms with Gasteiger partial charge in [-0.1, -0.05) is 0 Å². The number of rotatable bonds is 1. The van der Waals surface area contributed by atoms with Crippen molar-refractivity contribution in [3.8, 4) is 0 Å². The number of nitrogens with one attached hydrogen (secondary N) is 1. The van der Waals surface area contributed by atoms with Crippen LogP contribution in [-0.2, 0) is 0 Å². The van der Waals surface area contributed by atoms with Gasteiger partial charge in [0.1, 0.15) is 0 Å². The molecule has 1 N–H and O–H groups in total. The molecule has 0 spiro atoms. The summed E-state index contributed by atoms with van der Waals surface area (Å²) in [6.45, 7) is 4.75. The van der Waals surface area contributed by atoms with Crippen LogP contribution in [0.15, 0.2) is 18.5 Å². The fourth-order valence-corrected chi connectivity index (χ4v) is 1.80. The average Bonchev–Trinajstić information content (AvgIpc) is 2.20. The zero-order valence-corrected chi connectivity index (χ0v) is 10.7. The SMILES string of the molecule is C[C@@H]1CNCCN1c1ccncc1F.Cl.Cl. The van der Waals surface area contributed by atoms with Gasteiger partial charge in [-0.15, -0.1) is 24.8 Å². The van der Waals surface area contributed by atoms with E-state index in [1.165, 1.54) is 6.20 Å². The van der Waals surface area contributed by atoms with Crippen LogP contribution in [0, 0.1) is 5.82 Å². The molecule has 2 rings (SSSR count). The second kappa shape index (κ2) is 6.89. The Hall–Kier alpha value is -0.580. The minimum Gasteiger partial charge on any atom is -0.364 e. The largest absolute Gasteiger partial charge is 0.364 e. The number of hydrogen-bond donors (Lipinski definition) is 1. The second-order valence-corrected chi connectivity index (χ2v) is 3.57. The van der Waals surface area contributed by atoms with Crippen molar-refractivity contribution in [3.63, 3.8) is 0 Å². The number of anilines is 1. The highest BCUT2D eigenvalue weighted by molar-refractivity contribution is 5.85. The lowest BCUT2D eigenvalue weighted by molar-refractivity contribution is 0.490. The Balaban J connectivity index is 0.00000112. The highest BCUT2D eigenvalue weighted by atomic mass is 35.5. The van der Waals surface area contributed by atoms with Crippen LogP contribution in [0.2, 0.25) is 0 Å². The fourth-order valence-electron chi connectivity index (χ4n) is 1.80. The van der Waals surface area contributed by atoms with Gasteiger partial charge in [0.2, 0.25) is 0 Å². The summed E-state index contributed by atoms with van der Waals surface area (Å²) in [6, 6.07) is 2.07. The van der Waals surface area contributed by atoms with E-state index in [1.54, 1.807) is 12.3 Å². The molecule has 92 valence electrons. The molecule has 16 heavy (non-hydrogen) atoms. The summed E-state index contributed by atoms with van der Waals surface area (Å²) in [5, 5.41) is 3.27. The van der Waals surface area contributed by atoms with E-state index in [-0.39, 0.29) is 30.6 Å². The summed E-state index contributed by atoms with van der Waals surface area (Å²) in [5.41, 5.74) is 0.661. The van der Waals surface area contributed by atoms with Crippen LogP contribution < -0.4 is 10.2 Å². The summed E-state index contributed by atoms with van der Waals surface area (Å²) < 4.78 is 13.4. The van der Waals surface area contributed by atoms with Crippen LogP contribution in [-0.4, -0.2) is 30.7 Å². The Bertz CT molecular complexity index is 325. The summed E-state index contributed by atoms with van der Waals surface area (Å²) >= 11 is 0.